The van der Waals surface area contributed by atoms with Crippen molar-refractivity contribution < 1.29 is 14.7 Å². The van der Waals surface area contributed by atoms with Gasteiger partial charge in [-0.2, -0.15) is 0 Å². The Hall–Kier alpha value is -2.11. The maximum Gasteiger partial charge on any atom is 0.255 e. The van der Waals surface area contributed by atoms with Crippen LogP contribution >= 0.6 is 0 Å². The Balaban J connectivity index is 2.80. The van der Waals surface area contributed by atoms with Crippen LogP contribution in [0.25, 0.3) is 0 Å². The smallest absolute Gasteiger partial charge is 0.255 e. The predicted molar refractivity (Wildman–Crippen MR) is 52.1 cm³/mol. The van der Waals surface area contributed by atoms with Crippen LogP contribution < -0.4 is 5.73 Å². The van der Waals surface area contributed by atoms with Gasteiger partial charge < -0.3 is 15.7 Å². The zero-order valence-corrected chi connectivity index (χ0v) is 8.17. The number of primary amides is 1. The molecule has 0 aliphatic rings. The van der Waals surface area contributed by atoms with Crippen molar-refractivity contribution in [1.29, 1.82) is 0 Å². The van der Waals surface area contributed by atoms with Gasteiger partial charge in [-0.15, -0.1) is 0 Å². The number of rotatable bonds is 3. The second-order valence-corrected chi connectivity index (χ2v) is 3.06. The molecule has 1 aromatic heterocycles. The molecular formula is C9H11N3O3. The molecule has 0 unspecified atom stereocenters. The van der Waals surface area contributed by atoms with Gasteiger partial charge in [-0.3, -0.25) is 14.6 Å². The summed E-state index contributed by atoms with van der Waals surface area (Å²) in [5.74, 6) is -1.12. The van der Waals surface area contributed by atoms with Gasteiger partial charge in [0, 0.05) is 13.2 Å². The molecule has 0 saturated carbocycles. The Labute approximate surface area is 86.3 Å². The largest absolute Gasteiger partial charge is 0.506 e. The number of aromatic nitrogens is 1. The highest BCUT2D eigenvalue weighted by Crippen LogP contribution is 2.09. The number of likely N-dealkylation sites (N-methyl/N-ethyl adjacent to an activating group) is 1. The molecule has 2 amide bonds. The van der Waals surface area contributed by atoms with Crippen molar-refractivity contribution in [3.05, 3.63) is 24.0 Å². The van der Waals surface area contributed by atoms with Gasteiger partial charge >= 0.3 is 0 Å². The molecule has 80 valence electrons. The number of pyridine rings is 1. The van der Waals surface area contributed by atoms with Crippen LogP contribution in [0.1, 0.15) is 10.4 Å². The summed E-state index contributed by atoms with van der Waals surface area (Å²) in [6, 6.07) is 1.27. The number of amides is 2. The molecule has 1 aromatic rings. The maximum absolute atomic E-state index is 11.6. The molecule has 0 aliphatic carbocycles. The van der Waals surface area contributed by atoms with Crippen LogP contribution in [-0.2, 0) is 4.79 Å². The molecule has 0 fully saturated rings. The van der Waals surface area contributed by atoms with Crippen LogP contribution in [0.2, 0.25) is 0 Å². The van der Waals surface area contributed by atoms with Gasteiger partial charge in [-0.25, -0.2) is 0 Å². The lowest BCUT2D eigenvalue weighted by Crippen LogP contribution is -2.35. The topological polar surface area (TPSA) is 96.5 Å². The van der Waals surface area contributed by atoms with Gasteiger partial charge in [-0.05, 0) is 6.07 Å². The van der Waals surface area contributed by atoms with E-state index in [4.69, 9.17) is 10.8 Å². The number of hydrogen-bond acceptors (Lipinski definition) is 4. The molecule has 15 heavy (non-hydrogen) atoms. The van der Waals surface area contributed by atoms with E-state index < -0.39 is 11.8 Å². The summed E-state index contributed by atoms with van der Waals surface area (Å²) in [4.78, 5) is 27.0. The Morgan fingerprint density at radius 2 is 2.20 bits per heavy atom. The molecule has 0 aliphatic heterocycles. The van der Waals surface area contributed by atoms with Crippen molar-refractivity contribution in [2.75, 3.05) is 13.6 Å². The summed E-state index contributed by atoms with van der Waals surface area (Å²) in [5.41, 5.74) is 5.15. The zero-order chi connectivity index (χ0) is 11.4. The minimum atomic E-state index is -0.598. The predicted octanol–water partition coefficient (Wildman–Crippen LogP) is -0.656. The van der Waals surface area contributed by atoms with E-state index in [2.05, 4.69) is 4.98 Å². The van der Waals surface area contributed by atoms with Crippen molar-refractivity contribution in [2.45, 2.75) is 0 Å². The lowest BCUT2D eigenvalue weighted by atomic mass is 10.2. The summed E-state index contributed by atoms with van der Waals surface area (Å²) >= 11 is 0. The molecule has 0 spiro atoms. The van der Waals surface area contributed by atoms with E-state index >= 15 is 0 Å². The second kappa shape index (κ2) is 4.41. The van der Waals surface area contributed by atoms with E-state index in [0.29, 0.717) is 0 Å². The molecule has 1 rings (SSSR count). The summed E-state index contributed by atoms with van der Waals surface area (Å²) in [7, 11) is 1.44. The molecule has 0 atom stereocenters. The second-order valence-electron chi connectivity index (χ2n) is 3.06. The highest BCUT2D eigenvalue weighted by Gasteiger charge is 2.13. The lowest BCUT2D eigenvalue weighted by Gasteiger charge is -2.14. The minimum Gasteiger partial charge on any atom is -0.506 e. The van der Waals surface area contributed by atoms with Gasteiger partial charge in [0.25, 0.3) is 5.91 Å². The standard InChI is InChI=1S/C9H11N3O3/c1-12(5-8(10)14)9(15)6-2-7(13)4-11-3-6/h2-4,13H,5H2,1H3,(H2,10,14). The van der Waals surface area contributed by atoms with Crippen LogP contribution in [0.15, 0.2) is 18.5 Å². The Bertz CT molecular complexity index is 392. The number of aromatic hydroxyl groups is 1. The Morgan fingerprint density at radius 1 is 1.53 bits per heavy atom. The van der Waals surface area contributed by atoms with E-state index in [1.165, 1.54) is 25.5 Å². The molecule has 0 saturated heterocycles. The third-order valence-electron chi connectivity index (χ3n) is 1.71. The van der Waals surface area contributed by atoms with Crippen LogP contribution in [0, 0.1) is 0 Å². The number of hydrogen-bond donors (Lipinski definition) is 2. The van der Waals surface area contributed by atoms with Gasteiger partial charge in [0.2, 0.25) is 5.91 Å². The number of nitrogens with two attached hydrogens (primary N) is 1. The summed E-state index contributed by atoms with van der Waals surface area (Å²) in [6.45, 7) is -0.172. The first kappa shape index (κ1) is 11.0. The molecule has 0 aromatic carbocycles. The summed E-state index contributed by atoms with van der Waals surface area (Å²) in [6.07, 6.45) is 2.52. The SMILES string of the molecule is CN(CC(N)=O)C(=O)c1cncc(O)c1. The van der Waals surface area contributed by atoms with E-state index in [0.717, 1.165) is 4.90 Å². The molecule has 6 nitrogen and oxygen atoms in total. The van der Waals surface area contributed by atoms with Gasteiger partial charge in [0.15, 0.2) is 0 Å². The third kappa shape index (κ3) is 2.94. The van der Waals surface area contributed by atoms with Crippen molar-refractivity contribution in [3.8, 4) is 5.75 Å². The summed E-state index contributed by atoms with van der Waals surface area (Å²) in [5, 5.41) is 9.10. The van der Waals surface area contributed by atoms with Crippen LogP contribution in [0.4, 0.5) is 0 Å². The van der Waals surface area contributed by atoms with E-state index in [-0.39, 0.29) is 17.9 Å². The number of nitrogens with zero attached hydrogens (tertiary/aromatic N) is 2. The van der Waals surface area contributed by atoms with Gasteiger partial charge in [-0.1, -0.05) is 0 Å². The first-order chi connectivity index (χ1) is 7.00. The van der Waals surface area contributed by atoms with E-state index in [1.807, 2.05) is 0 Å². The van der Waals surface area contributed by atoms with Crippen molar-refractivity contribution in [2.24, 2.45) is 5.73 Å². The van der Waals surface area contributed by atoms with E-state index in [9.17, 15) is 9.59 Å². The average Bonchev–Trinajstić information content (AvgIpc) is 2.15. The first-order valence-electron chi connectivity index (χ1n) is 4.18. The molecule has 0 bridgehead atoms. The highest BCUT2D eigenvalue weighted by atomic mass is 16.3. The van der Waals surface area contributed by atoms with Crippen LogP contribution in [-0.4, -0.2) is 40.4 Å². The van der Waals surface area contributed by atoms with Crippen molar-refractivity contribution in [3.63, 3.8) is 0 Å². The first-order valence-corrected chi connectivity index (χ1v) is 4.18. The number of carbonyl (C=O) groups is 2. The van der Waals surface area contributed by atoms with Crippen LogP contribution in [0.3, 0.4) is 0 Å². The highest BCUT2D eigenvalue weighted by molar-refractivity contribution is 5.96. The molecular weight excluding hydrogens is 198 g/mol. The summed E-state index contributed by atoms with van der Waals surface area (Å²) < 4.78 is 0. The molecule has 3 N–H and O–H groups in total. The zero-order valence-electron chi connectivity index (χ0n) is 8.17. The minimum absolute atomic E-state index is 0.103. The number of carbonyl (C=O) groups excluding carboxylic acids is 2. The fraction of sp³-hybridized carbons (Fsp3) is 0.222. The van der Waals surface area contributed by atoms with Crippen molar-refractivity contribution in [1.82, 2.24) is 9.88 Å². The fourth-order valence-corrected chi connectivity index (χ4v) is 1.07. The maximum atomic E-state index is 11.6. The molecule has 0 radical (unpaired) electrons. The van der Waals surface area contributed by atoms with Crippen LogP contribution in [0.5, 0.6) is 5.75 Å². The van der Waals surface area contributed by atoms with Crippen molar-refractivity contribution >= 4 is 11.8 Å². The van der Waals surface area contributed by atoms with E-state index in [1.54, 1.807) is 0 Å². The van der Waals surface area contributed by atoms with Gasteiger partial charge in [0.05, 0.1) is 18.3 Å². The Kier molecular flexibility index (Phi) is 3.22. The molecule has 6 heteroatoms. The lowest BCUT2D eigenvalue weighted by molar-refractivity contribution is -0.118. The fourth-order valence-electron chi connectivity index (χ4n) is 1.07. The normalized spacial score (nSPS) is 9.67. The third-order valence-corrected chi connectivity index (χ3v) is 1.71. The molecule has 1 heterocycles. The average molecular weight is 209 g/mol. The monoisotopic (exact) mass is 209 g/mol. The quantitative estimate of drug-likeness (QED) is 0.690. The van der Waals surface area contributed by atoms with Gasteiger partial charge in [0.1, 0.15) is 5.75 Å². The Morgan fingerprint density at radius 3 is 2.73 bits per heavy atom.